The normalized spacial score (nSPS) is 21.7. The standard InChI is InChI=1S/C29H28ClF2N3O4/c30-25-19(31)14-21-18(15-29(39-21,22-7-4-8-34-22)16-5-2-1-3-6-16)23(25)24-17(28(33)37)13-20-27(26(24)32)38-12-10-35(20)9-11-36/h1-3,5-6,13-14,22,34,36H,4,7-12,15H2,(H2,33,37)/t22-,29-/m0/s1. The summed E-state index contributed by atoms with van der Waals surface area (Å²) < 4.78 is 44.1. The van der Waals surface area contributed by atoms with Crippen LogP contribution in [-0.4, -0.2) is 49.9 Å². The topological polar surface area (TPSA) is 97.1 Å². The van der Waals surface area contributed by atoms with Crippen LogP contribution in [0.15, 0.2) is 42.5 Å². The summed E-state index contributed by atoms with van der Waals surface area (Å²) in [5.41, 5.74) is 6.19. The molecule has 3 aliphatic heterocycles. The molecular weight excluding hydrogens is 528 g/mol. The van der Waals surface area contributed by atoms with E-state index in [0.29, 0.717) is 17.8 Å². The average molecular weight is 556 g/mol. The van der Waals surface area contributed by atoms with E-state index >= 15 is 8.78 Å². The molecule has 6 rings (SSSR count). The maximum Gasteiger partial charge on any atom is 0.249 e. The molecule has 3 aromatic carbocycles. The highest BCUT2D eigenvalue weighted by Crippen LogP contribution is 2.53. The van der Waals surface area contributed by atoms with Gasteiger partial charge < -0.3 is 30.5 Å². The lowest BCUT2D eigenvalue weighted by Crippen LogP contribution is -2.48. The number of rotatable bonds is 6. The first-order valence-corrected chi connectivity index (χ1v) is 13.4. The molecule has 0 radical (unpaired) electrons. The van der Waals surface area contributed by atoms with Gasteiger partial charge in [0, 0.05) is 35.7 Å². The number of nitrogens with one attached hydrogen (secondary N) is 1. The Kier molecular flexibility index (Phi) is 6.61. The maximum atomic E-state index is 16.4. The summed E-state index contributed by atoms with van der Waals surface area (Å²) in [6, 6.07) is 12.2. The van der Waals surface area contributed by atoms with Crippen molar-refractivity contribution in [1.82, 2.24) is 5.32 Å². The van der Waals surface area contributed by atoms with E-state index < -0.39 is 23.1 Å². The van der Waals surface area contributed by atoms with Gasteiger partial charge in [0.05, 0.1) is 35.5 Å². The van der Waals surface area contributed by atoms with Crippen LogP contribution in [0, 0.1) is 11.6 Å². The van der Waals surface area contributed by atoms with Crippen molar-refractivity contribution in [3.63, 3.8) is 0 Å². The molecule has 204 valence electrons. The summed E-state index contributed by atoms with van der Waals surface area (Å²) in [6.07, 6.45) is 2.06. The summed E-state index contributed by atoms with van der Waals surface area (Å²) in [4.78, 5) is 14.4. The van der Waals surface area contributed by atoms with E-state index in [9.17, 15) is 9.90 Å². The smallest absolute Gasteiger partial charge is 0.249 e. The first-order valence-electron chi connectivity index (χ1n) is 13.0. The fraction of sp³-hybridized carbons (Fsp3) is 0.345. The molecule has 4 N–H and O–H groups in total. The predicted octanol–water partition coefficient (Wildman–Crippen LogP) is 4.16. The van der Waals surface area contributed by atoms with Crippen molar-refractivity contribution in [2.45, 2.75) is 30.9 Å². The number of amides is 1. The molecule has 3 aliphatic rings. The van der Waals surface area contributed by atoms with E-state index in [4.69, 9.17) is 26.8 Å². The Morgan fingerprint density at radius 2 is 2.03 bits per heavy atom. The van der Waals surface area contributed by atoms with Crippen molar-refractivity contribution >= 4 is 23.2 Å². The average Bonchev–Trinajstić information content (AvgIpc) is 3.60. The van der Waals surface area contributed by atoms with Crippen LogP contribution in [-0.2, 0) is 12.0 Å². The van der Waals surface area contributed by atoms with Gasteiger partial charge in [-0.3, -0.25) is 4.79 Å². The molecule has 3 aromatic rings. The number of ether oxygens (including phenoxy) is 2. The monoisotopic (exact) mass is 555 g/mol. The van der Waals surface area contributed by atoms with Gasteiger partial charge in [-0.05, 0) is 31.0 Å². The lowest BCUT2D eigenvalue weighted by molar-refractivity contribution is 0.0539. The van der Waals surface area contributed by atoms with Gasteiger partial charge in [0.1, 0.15) is 18.2 Å². The maximum absolute atomic E-state index is 16.4. The van der Waals surface area contributed by atoms with Crippen molar-refractivity contribution in [3.8, 4) is 22.6 Å². The number of fused-ring (bicyclic) bond motifs is 2. The third kappa shape index (κ3) is 4.11. The minimum atomic E-state index is -0.902. The van der Waals surface area contributed by atoms with Crippen LogP contribution >= 0.6 is 11.6 Å². The van der Waals surface area contributed by atoms with Crippen molar-refractivity contribution in [2.24, 2.45) is 5.73 Å². The number of nitrogens with two attached hydrogens (primary N) is 1. The lowest BCUT2D eigenvalue weighted by atomic mass is 9.80. The van der Waals surface area contributed by atoms with Crippen LogP contribution < -0.4 is 25.4 Å². The molecule has 2 atom stereocenters. The molecule has 0 saturated carbocycles. The number of primary amides is 1. The summed E-state index contributed by atoms with van der Waals surface area (Å²) >= 11 is 6.57. The number of benzene rings is 3. The molecule has 10 heteroatoms. The van der Waals surface area contributed by atoms with Gasteiger partial charge in [-0.15, -0.1) is 0 Å². The molecule has 0 spiro atoms. The number of aliphatic hydroxyl groups is 1. The molecule has 0 aliphatic carbocycles. The number of hydrogen-bond donors (Lipinski definition) is 3. The van der Waals surface area contributed by atoms with Crippen molar-refractivity contribution in [3.05, 3.63) is 75.8 Å². The second kappa shape index (κ2) is 9.97. The highest BCUT2D eigenvalue weighted by molar-refractivity contribution is 6.34. The van der Waals surface area contributed by atoms with Crippen LogP contribution in [0.3, 0.4) is 0 Å². The molecule has 0 aromatic heterocycles. The van der Waals surface area contributed by atoms with E-state index in [1.165, 1.54) is 12.1 Å². The zero-order valence-corrected chi connectivity index (χ0v) is 21.9. The van der Waals surface area contributed by atoms with E-state index in [-0.39, 0.29) is 65.4 Å². The van der Waals surface area contributed by atoms with Crippen molar-refractivity contribution in [1.29, 1.82) is 0 Å². The van der Waals surface area contributed by atoms with Gasteiger partial charge >= 0.3 is 0 Å². The molecule has 0 unspecified atom stereocenters. The number of carbonyl (C=O) groups is 1. The van der Waals surface area contributed by atoms with Gasteiger partial charge in [0.25, 0.3) is 0 Å². The highest BCUT2D eigenvalue weighted by atomic mass is 35.5. The number of aliphatic hydroxyl groups excluding tert-OH is 1. The van der Waals surface area contributed by atoms with Gasteiger partial charge in [0.2, 0.25) is 5.91 Å². The van der Waals surface area contributed by atoms with Crippen molar-refractivity contribution < 1.29 is 28.2 Å². The quantitative estimate of drug-likeness (QED) is 0.423. The fourth-order valence-electron chi connectivity index (χ4n) is 6.18. The summed E-state index contributed by atoms with van der Waals surface area (Å²) in [7, 11) is 0. The molecule has 0 bridgehead atoms. The Labute approximate surface area is 229 Å². The molecule has 39 heavy (non-hydrogen) atoms. The van der Waals surface area contributed by atoms with Crippen LogP contribution in [0.1, 0.15) is 34.3 Å². The van der Waals surface area contributed by atoms with Crippen LogP contribution in [0.4, 0.5) is 14.5 Å². The fourth-order valence-corrected chi connectivity index (χ4v) is 6.45. The second-order valence-corrected chi connectivity index (χ2v) is 10.5. The molecule has 1 fully saturated rings. The van der Waals surface area contributed by atoms with E-state index in [2.05, 4.69) is 5.32 Å². The number of hydrogen-bond acceptors (Lipinski definition) is 6. The van der Waals surface area contributed by atoms with E-state index in [1.54, 1.807) is 4.90 Å². The van der Waals surface area contributed by atoms with Gasteiger partial charge in [-0.1, -0.05) is 41.9 Å². The number of halogens is 3. The Morgan fingerprint density at radius 3 is 2.72 bits per heavy atom. The van der Waals surface area contributed by atoms with Gasteiger partial charge in [-0.2, -0.15) is 0 Å². The minimum absolute atomic E-state index is 0.0273. The van der Waals surface area contributed by atoms with Crippen LogP contribution in [0.5, 0.6) is 11.5 Å². The molecular formula is C29H28ClF2N3O4. The SMILES string of the molecule is NC(=O)c1cc2c(c(F)c1-c1c(Cl)c(F)cc3c1C[C@](c1ccccc1)([C@@H]1CCCN1)O3)OCCN2CCO. The zero-order valence-electron chi connectivity index (χ0n) is 21.1. The van der Waals surface area contributed by atoms with Gasteiger partial charge in [-0.25, -0.2) is 8.78 Å². The number of β-amino-alcohol motifs (C(OH)–C–C–N with tert-alkyl or cyclic N) is 1. The van der Waals surface area contributed by atoms with E-state index in [0.717, 1.165) is 24.9 Å². The largest absolute Gasteiger partial charge is 0.486 e. The zero-order chi connectivity index (χ0) is 27.3. The van der Waals surface area contributed by atoms with Crippen molar-refractivity contribution in [2.75, 3.05) is 37.7 Å². The highest BCUT2D eigenvalue weighted by Gasteiger charge is 2.50. The number of carbonyl (C=O) groups excluding carboxylic acids is 1. The molecule has 3 heterocycles. The Morgan fingerprint density at radius 1 is 1.23 bits per heavy atom. The Hall–Kier alpha value is -3.40. The first kappa shape index (κ1) is 25.9. The third-order valence-electron chi connectivity index (χ3n) is 7.94. The summed E-state index contributed by atoms with van der Waals surface area (Å²) in [5.74, 6) is -2.44. The Balaban J connectivity index is 1.58. The second-order valence-electron chi connectivity index (χ2n) is 10.1. The van der Waals surface area contributed by atoms with Gasteiger partial charge in [0.15, 0.2) is 17.2 Å². The summed E-state index contributed by atoms with van der Waals surface area (Å²) in [6.45, 7) is 1.41. The lowest BCUT2D eigenvalue weighted by Gasteiger charge is -2.35. The number of nitrogens with zero attached hydrogens (tertiary/aromatic N) is 1. The Bertz CT molecular complexity index is 1450. The van der Waals surface area contributed by atoms with Crippen LogP contribution in [0.2, 0.25) is 5.02 Å². The predicted molar refractivity (Wildman–Crippen MR) is 144 cm³/mol. The minimum Gasteiger partial charge on any atom is -0.486 e. The molecule has 1 saturated heterocycles. The van der Waals surface area contributed by atoms with Crippen LogP contribution in [0.25, 0.3) is 11.1 Å². The third-order valence-corrected chi connectivity index (χ3v) is 8.31. The summed E-state index contributed by atoms with van der Waals surface area (Å²) in [5, 5.41) is 12.7. The number of anilines is 1. The molecule has 7 nitrogen and oxygen atoms in total. The first-order chi connectivity index (χ1) is 18.9. The molecule has 1 amide bonds. The van der Waals surface area contributed by atoms with E-state index in [1.807, 2.05) is 30.3 Å².